The predicted octanol–water partition coefficient (Wildman–Crippen LogP) is -0.708. The lowest BCUT2D eigenvalue weighted by Crippen LogP contribution is -2.47. The number of rotatable bonds is 3. The number of fused-ring (bicyclic) bond motifs is 1. The molecule has 2 rings (SSSR count). The molecule has 8 heteroatoms. The number of amides is 1. The first-order chi connectivity index (χ1) is 10.9. The molecule has 1 aliphatic rings. The van der Waals surface area contributed by atoms with Crippen LogP contribution in [-0.2, 0) is 10.0 Å². The van der Waals surface area contributed by atoms with Crippen LogP contribution >= 0.6 is 0 Å². The van der Waals surface area contributed by atoms with Gasteiger partial charge >= 0.3 is 0 Å². The third-order valence-electron chi connectivity index (χ3n) is 3.98. The van der Waals surface area contributed by atoms with Gasteiger partial charge in [0.1, 0.15) is 5.69 Å². The van der Waals surface area contributed by atoms with Crippen molar-refractivity contribution < 1.29 is 13.2 Å². The zero-order valence-corrected chi connectivity index (χ0v) is 15.4. The first-order valence-electron chi connectivity index (χ1n) is 7.64. The van der Waals surface area contributed by atoms with Crippen LogP contribution in [0.2, 0.25) is 0 Å². The Kier molecular flexibility index (Phi) is 4.85. The highest BCUT2D eigenvalue weighted by molar-refractivity contribution is 7.88. The molecule has 1 aromatic rings. The number of nitrogen functional groups attached to an aromatic ring is 1. The van der Waals surface area contributed by atoms with Gasteiger partial charge in [-0.3, -0.25) is 10.2 Å². The van der Waals surface area contributed by atoms with E-state index in [1.807, 2.05) is 33.8 Å². The van der Waals surface area contributed by atoms with E-state index in [4.69, 9.17) is 5.84 Å². The molecule has 0 saturated heterocycles. The minimum absolute atomic E-state index is 0.225. The molecule has 24 heavy (non-hydrogen) atoms. The second-order valence-corrected chi connectivity index (χ2v) is 8.94. The van der Waals surface area contributed by atoms with Crippen molar-refractivity contribution in [1.82, 2.24) is 15.1 Å². The smallest absolute Gasteiger partial charge is 0.283 e. The van der Waals surface area contributed by atoms with Crippen LogP contribution in [0.5, 0.6) is 0 Å². The van der Waals surface area contributed by atoms with Crippen molar-refractivity contribution >= 4 is 27.6 Å². The Balaban J connectivity index is 2.77. The van der Waals surface area contributed by atoms with Gasteiger partial charge in [0.25, 0.3) is 5.91 Å². The summed E-state index contributed by atoms with van der Waals surface area (Å²) in [6.45, 7) is 8.00. The maximum atomic E-state index is 11.9. The fraction of sp³-hybridized carbons (Fsp3) is 0.500. The van der Waals surface area contributed by atoms with Crippen LogP contribution in [-0.4, -0.2) is 31.6 Å². The number of nitrogens with two attached hydrogens (primary N) is 1. The van der Waals surface area contributed by atoms with E-state index in [9.17, 15) is 13.2 Å². The van der Waals surface area contributed by atoms with Gasteiger partial charge < -0.3 is 0 Å². The van der Waals surface area contributed by atoms with Gasteiger partial charge in [-0.25, -0.2) is 24.0 Å². The Morgan fingerprint density at radius 2 is 2.00 bits per heavy atom. The highest BCUT2D eigenvalue weighted by Crippen LogP contribution is 2.30. The van der Waals surface area contributed by atoms with Crippen LogP contribution < -0.4 is 26.6 Å². The second-order valence-electron chi connectivity index (χ2n) is 7.16. The predicted molar refractivity (Wildman–Crippen MR) is 93.6 cm³/mol. The van der Waals surface area contributed by atoms with Crippen LogP contribution in [0.15, 0.2) is 6.07 Å². The number of aryl methyl sites for hydroxylation is 1. The molecule has 0 radical (unpaired) electrons. The highest BCUT2D eigenvalue weighted by Gasteiger charge is 2.27. The van der Waals surface area contributed by atoms with E-state index >= 15 is 0 Å². The van der Waals surface area contributed by atoms with Crippen LogP contribution in [0.25, 0.3) is 11.6 Å². The average Bonchev–Trinajstić information content (AvgIpc) is 2.43. The number of hydrogen-bond acceptors (Lipinski definition) is 5. The van der Waals surface area contributed by atoms with Gasteiger partial charge in [-0.1, -0.05) is 26.8 Å². The molecule has 7 nitrogen and oxygen atoms in total. The number of nitrogens with one attached hydrogen (secondary N) is 2. The van der Waals surface area contributed by atoms with Gasteiger partial charge in [0, 0.05) is 11.3 Å². The van der Waals surface area contributed by atoms with Gasteiger partial charge in [0.2, 0.25) is 10.0 Å². The average molecular weight is 352 g/mol. The number of hydrogen-bond donors (Lipinski definition) is 3. The van der Waals surface area contributed by atoms with Crippen molar-refractivity contribution in [3.05, 3.63) is 27.9 Å². The van der Waals surface area contributed by atoms with Gasteiger partial charge in [0.15, 0.2) is 0 Å². The molecule has 132 valence electrons. The van der Waals surface area contributed by atoms with E-state index in [2.05, 4.69) is 15.1 Å². The zero-order valence-electron chi connectivity index (χ0n) is 14.6. The van der Waals surface area contributed by atoms with Crippen LogP contribution in [0.3, 0.4) is 0 Å². The van der Waals surface area contributed by atoms with Gasteiger partial charge in [-0.15, -0.1) is 0 Å². The summed E-state index contributed by atoms with van der Waals surface area (Å²) in [6.07, 6.45) is 3.51. The molecule has 1 amide bonds. The number of hydrazine groups is 1. The Bertz CT molecular complexity index is 898. The van der Waals surface area contributed by atoms with Crippen LogP contribution in [0, 0.1) is 12.3 Å². The zero-order chi connectivity index (χ0) is 18.3. The van der Waals surface area contributed by atoms with Gasteiger partial charge in [0.05, 0.1) is 11.6 Å². The van der Waals surface area contributed by atoms with Crippen molar-refractivity contribution in [3.8, 4) is 0 Å². The number of sulfonamides is 1. The molecule has 0 spiro atoms. The number of carbonyl (C=O) groups is 1. The molecule has 0 aliphatic heterocycles. The Morgan fingerprint density at radius 1 is 1.38 bits per heavy atom. The quantitative estimate of drug-likeness (QED) is 0.378. The molecular weight excluding hydrogens is 328 g/mol. The van der Waals surface area contributed by atoms with E-state index in [0.717, 1.165) is 28.0 Å². The summed E-state index contributed by atoms with van der Waals surface area (Å²) in [6, 6.07) is 1.32. The van der Waals surface area contributed by atoms with Gasteiger partial charge in [-0.2, -0.15) is 0 Å². The van der Waals surface area contributed by atoms with Crippen molar-refractivity contribution in [3.63, 3.8) is 0 Å². The van der Waals surface area contributed by atoms with Crippen LogP contribution in [0.4, 0.5) is 0 Å². The minimum Gasteiger partial charge on any atom is -0.289 e. The molecule has 4 N–H and O–H groups in total. The topological polar surface area (TPSA) is 114 Å². The molecule has 0 fully saturated rings. The summed E-state index contributed by atoms with van der Waals surface area (Å²) in [5.74, 6) is 4.76. The van der Waals surface area contributed by atoms with E-state index in [1.165, 1.54) is 0 Å². The molecule has 0 saturated carbocycles. The number of nitrogens with zero attached hydrogens (tertiary/aromatic N) is 1. The lowest BCUT2D eigenvalue weighted by atomic mass is 9.80. The lowest BCUT2D eigenvalue weighted by molar-refractivity contribution is 0.0948. The monoisotopic (exact) mass is 352 g/mol. The second kappa shape index (κ2) is 6.27. The minimum atomic E-state index is -3.33. The van der Waals surface area contributed by atoms with Crippen molar-refractivity contribution in [2.45, 2.75) is 40.2 Å². The SMILES string of the molecule is Cc1cc(C(=O)NN)nc2c1=CC(NS(C)(=O)=O)CC=2C(C)(C)C. The van der Waals surface area contributed by atoms with Crippen molar-refractivity contribution in [2.75, 3.05) is 6.26 Å². The lowest BCUT2D eigenvalue weighted by Gasteiger charge is -2.29. The number of carbonyl (C=O) groups excluding carboxylic acids is 1. The summed E-state index contributed by atoms with van der Waals surface area (Å²) in [5, 5.41) is 1.58. The molecule has 1 atom stereocenters. The van der Waals surface area contributed by atoms with Crippen molar-refractivity contribution in [2.24, 2.45) is 11.3 Å². The fourth-order valence-electron chi connectivity index (χ4n) is 2.90. The molecular formula is C16H24N4O3S. The summed E-state index contributed by atoms with van der Waals surface area (Å²) in [4.78, 5) is 16.3. The largest absolute Gasteiger partial charge is 0.289 e. The number of pyridine rings is 1. The molecule has 1 aromatic heterocycles. The first-order valence-corrected chi connectivity index (χ1v) is 9.53. The van der Waals surface area contributed by atoms with E-state index < -0.39 is 15.9 Å². The molecule has 1 heterocycles. The summed E-state index contributed by atoms with van der Waals surface area (Å²) in [5.41, 5.74) is 3.96. The van der Waals surface area contributed by atoms with Gasteiger partial charge in [-0.05, 0) is 36.0 Å². The van der Waals surface area contributed by atoms with Crippen LogP contribution in [0.1, 0.15) is 43.2 Å². The van der Waals surface area contributed by atoms with E-state index in [0.29, 0.717) is 6.42 Å². The third-order valence-corrected chi connectivity index (χ3v) is 4.71. The van der Waals surface area contributed by atoms with Crippen molar-refractivity contribution in [1.29, 1.82) is 0 Å². The Hall–Kier alpha value is -1.77. The molecule has 1 unspecified atom stereocenters. The third kappa shape index (κ3) is 4.00. The Morgan fingerprint density at radius 3 is 2.50 bits per heavy atom. The Labute approximate surface area is 142 Å². The standard InChI is InChI=1S/C16H24N4O3S/c1-9-6-13(15(21)19-17)18-14-11(9)7-10(20-24(5,22)23)8-12(14)16(2,3)4/h6-7,10,20H,8,17H2,1-5H3,(H,19,21). The first kappa shape index (κ1) is 18.6. The summed E-state index contributed by atoms with van der Waals surface area (Å²) < 4.78 is 25.9. The van der Waals surface area contributed by atoms with E-state index in [1.54, 1.807) is 6.07 Å². The normalized spacial score (nSPS) is 17.9. The fourth-order valence-corrected chi connectivity index (χ4v) is 3.60. The molecule has 0 aromatic carbocycles. The summed E-state index contributed by atoms with van der Waals surface area (Å²) in [7, 11) is -3.33. The summed E-state index contributed by atoms with van der Waals surface area (Å²) >= 11 is 0. The molecule has 1 aliphatic carbocycles. The molecule has 0 bridgehead atoms. The highest BCUT2D eigenvalue weighted by atomic mass is 32.2. The number of aromatic nitrogens is 1. The van der Waals surface area contributed by atoms with E-state index in [-0.39, 0.29) is 17.2 Å². The maximum Gasteiger partial charge on any atom is 0.283 e. The maximum absolute atomic E-state index is 11.9.